The van der Waals surface area contributed by atoms with Crippen molar-refractivity contribution in [1.82, 2.24) is 21.1 Å². The number of hydrogen-bond donors (Lipinski definition) is 2. The zero-order valence-corrected chi connectivity index (χ0v) is 12.0. The van der Waals surface area contributed by atoms with Gasteiger partial charge in [0.25, 0.3) is 0 Å². The van der Waals surface area contributed by atoms with Crippen molar-refractivity contribution in [3.8, 4) is 0 Å². The molecule has 0 aliphatic carbocycles. The van der Waals surface area contributed by atoms with Gasteiger partial charge in [-0.2, -0.15) is 26.3 Å². The lowest BCUT2D eigenvalue weighted by atomic mass is 10.0. The fourth-order valence-corrected chi connectivity index (χ4v) is 1.94. The second-order valence-electron chi connectivity index (χ2n) is 4.88. The molecule has 1 aliphatic heterocycles. The van der Waals surface area contributed by atoms with E-state index in [1.165, 1.54) is 10.1 Å². The van der Waals surface area contributed by atoms with Crippen LogP contribution in [0.3, 0.4) is 0 Å². The molecule has 1 heterocycles. The maximum Gasteiger partial charge on any atom is 0.416 e. The van der Waals surface area contributed by atoms with Gasteiger partial charge in [0.05, 0.1) is 17.7 Å². The van der Waals surface area contributed by atoms with Gasteiger partial charge >= 0.3 is 12.4 Å². The molecule has 0 saturated carbocycles. The fraction of sp³-hybridized carbons (Fsp3) is 0.417. The molecule has 2 rings (SSSR count). The number of rotatable bonds is 2. The first-order chi connectivity index (χ1) is 10.5. The summed E-state index contributed by atoms with van der Waals surface area (Å²) in [5.41, 5.74) is 2.55. The van der Waals surface area contributed by atoms with E-state index in [9.17, 15) is 26.3 Å². The van der Waals surface area contributed by atoms with Crippen LogP contribution in [0.1, 0.15) is 16.7 Å². The Kier molecular flexibility index (Phi) is 4.44. The van der Waals surface area contributed by atoms with Crippen molar-refractivity contribution < 1.29 is 26.3 Å². The van der Waals surface area contributed by atoms with Crippen LogP contribution in [0.25, 0.3) is 0 Å². The zero-order chi connectivity index (χ0) is 17.4. The average Bonchev–Trinajstić information content (AvgIpc) is 2.72. The number of benzene rings is 1. The Labute approximate surface area is 127 Å². The Morgan fingerprint density at radius 3 is 1.87 bits per heavy atom. The van der Waals surface area contributed by atoms with E-state index in [0.29, 0.717) is 12.1 Å². The molecule has 5 nitrogen and oxygen atoms in total. The average molecular weight is 341 g/mol. The molecule has 1 aliphatic rings. The maximum absolute atomic E-state index is 12.8. The minimum absolute atomic E-state index is 0.0892. The van der Waals surface area contributed by atoms with E-state index in [1.807, 2.05) is 0 Å². The molecular weight excluding hydrogens is 328 g/mol. The number of nitrogens with one attached hydrogen (secondary N) is 2. The first-order valence-corrected chi connectivity index (χ1v) is 6.30. The van der Waals surface area contributed by atoms with Crippen molar-refractivity contribution in [3.05, 3.63) is 34.9 Å². The maximum atomic E-state index is 12.8. The summed E-state index contributed by atoms with van der Waals surface area (Å²) < 4.78 is 76.5. The Morgan fingerprint density at radius 1 is 0.957 bits per heavy atom. The van der Waals surface area contributed by atoms with Crippen molar-refractivity contribution in [2.45, 2.75) is 18.9 Å². The smallest absolute Gasteiger partial charge is 0.273 e. The van der Waals surface area contributed by atoms with Gasteiger partial charge in [-0.25, -0.2) is 4.99 Å². The lowest BCUT2D eigenvalue weighted by molar-refractivity contribution is -0.143. The third kappa shape index (κ3) is 4.26. The van der Waals surface area contributed by atoms with Gasteiger partial charge in [0.2, 0.25) is 5.96 Å². The molecule has 0 aromatic heterocycles. The SMILES string of the molecule is CN1NC(=NCc2cc(C(F)(F)F)cc(C(F)(F)F)c2)N(C)N1. The lowest BCUT2D eigenvalue weighted by Crippen LogP contribution is -2.36. The highest BCUT2D eigenvalue weighted by Gasteiger charge is 2.36. The summed E-state index contributed by atoms with van der Waals surface area (Å²) in [4.78, 5) is 3.96. The number of hydrazine groups is 3. The minimum atomic E-state index is -4.87. The van der Waals surface area contributed by atoms with Crippen LogP contribution in [-0.2, 0) is 18.9 Å². The number of guanidine groups is 1. The van der Waals surface area contributed by atoms with Gasteiger partial charge in [-0.3, -0.25) is 10.4 Å². The Hall–Kier alpha value is -2.01. The molecule has 1 aromatic rings. The number of nitrogens with zero attached hydrogens (tertiary/aromatic N) is 3. The van der Waals surface area contributed by atoms with E-state index in [4.69, 9.17) is 0 Å². The van der Waals surface area contributed by atoms with Crippen molar-refractivity contribution in [2.24, 2.45) is 4.99 Å². The molecule has 0 amide bonds. The van der Waals surface area contributed by atoms with E-state index >= 15 is 0 Å². The quantitative estimate of drug-likeness (QED) is 0.811. The highest BCUT2D eigenvalue weighted by Crippen LogP contribution is 2.36. The lowest BCUT2D eigenvalue weighted by Gasteiger charge is -2.14. The van der Waals surface area contributed by atoms with Crippen molar-refractivity contribution in [3.63, 3.8) is 0 Å². The predicted octanol–water partition coefficient (Wildman–Crippen LogP) is 2.38. The second-order valence-corrected chi connectivity index (χ2v) is 4.88. The topological polar surface area (TPSA) is 42.9 Å². The summed E-state index contributed by atoms with van der Waals surface area (Å²) in [5.74, 6) is 0.262. The van der Waals surface area contributed by atoms with Crippen molar-refractivity contribution >= 4 is 5.96 Å². The summed E-state index contributed by atoms with van der Waals surface area (Å²) >= 11 is 0. The standard InChI is InChI=1S/C12H13F6N5/c1-22-10(20-23(2)21-22)19-6-7-3-8(11(13,14)15)5-9(4-7)12(16,17)18/h3-5,21H,6H2,1-2H3,(H,19,20). The van der Waals surface area contributed by atoms with E-state index in [0.717, 1.165) is 0 Å². The number of aliphatic imine (C=N–C) groups is 1. The monoisotopic (exact) mass is 341 g/mol. The third-order valence-corrected chi connectivity index (χ3v) is 2.94. The number of alkyl halides is 6. The normalized spacial score (nSPS) is 18.6. The molecule has 2 N–H and O–H groups in total. The van der Waals surface area contributed by atoms with Crippen LogP contribution in [0.15, 0.2) is 23.2 Å². The molecule has 0 bridgehead atoms. The summed E-state index contributed by atoms with van der Waals surface area (Å²) in [5, 5.41) is 2.85. The van der Waals surface area contributed by atoms with Gasteiger partial charge < -0.3 is 0 Å². The minimum Gasteiger partial charge on any atom is -0.273 e. The van der Waals surface area contributed by atoms with Crippen LogP contribution in [0, 0.1) is 0 Å². The molecule has 0 unspecified atom stereocenters. The first-order valence-electron chi connectivity index (χ1n) is 6.30. The van der Waals surface area contributed by atoms with E-state index < -0.39 is 23.5 Å². The molecular formula is C12H13F6N5. The van der Waals surface area contributed by atoms with E-state index in [1.54, 1.807) is 14.1 Å². The predicted molar refractivity (Wildman–Crippen MR) is 69.4 cm³/mol. The molecule has 1 fully saturated rings. The molecule has 1 aromatic carbocycles. The zero-order valence-electron chi connectivity index (χ0n) is 12.0. The fourth-order valence-electron chi connectivity index (χ4n) is 1.94. The van der Waals surface area contributed by atoms with Gasteiger partial charge in [0.1, 0.15) is 0 Å². The molecule has 11 heteroatoms. The van der Waals surface area contributed by atoms with Crippen LogP contribution < -0.4 is 11.0 Å². The summed E-state index contributed by atoms with van der Waals surface area (Å²) in [7, 11) is 3.20. The van der Waals surface area contributed by atoms with Crippen LogP contribution >= 0.6 is 0 Å². The summed E-state index contributed by atoms with van der Waals surface area (Å²) in [6.07, 6.45) is -9.74. The van der Waals surface area contributed by atoms with Gasteiger partial charge in [0, 0.05) is 14.1 Å². The van der Waals surface area contributed by atoms with Crippen LogP contribution in [0.5, 0.6) is 0 Å². The number of halogens is 6. The summed E-state index contributed by atoms with van der Waals surface area (Å²) in [6, 6.07) is 1.41. The summed E-state index contributed by atoms with van der Waals surface area (Å²) in [6.45, 7) is -0.338. The highest BCUT2D eigenvalue weighted by molar-refractivity contribution is 5.79. The molecule has 0 atom stereocenters. The Bertz CT molecular complexity index is 577. The highest BCUT2D eigenvalue weighted by atomic mass is 19.4. The molecule has 1 saturated heterocycles. The largest absolute Gasteiger partial charge is 0.416 e. The van der Waals surface area contributed by atoms with Crippen LogP contribution in [0.2, 0.25) is 0 Å². The molecule has 0 radical (unpaired) electrons. The van der Waals surface area contributed by atoms with Gasteiger partial charge in [-0.1, -0.05) is 0 Å². The van der Waals surface area contributed by atoms with Crippen molar-refractivity contribution in [2.75, 3.05) is 14.1 Å². The van der Waals surface area contributed by atoms with Crippen LogP contribution in [-0.4, -0.2) is 30.2 Å². The van der Waals surface area contributed by atoms with E-state index in [2.05, 4.69) is 16.0 Å². The Morgan fingerprint density at radius 2 is 1.48 bits per heavy atom. The third-order valence-electron chi connectivity index (χ3n) is 2.94. The van der Waals surface area contributed by atoms with E-state index in [-0.39, 0.29) is 24.1 Å². The Balaban J connectivity index is 2.33. The van der Waals surface area contributed by atoms with Gasteiger partial charge in [-0.05, 0) is 23.8 Å². The van der Waals surface area contributed by atoms with Gasteiger partial charge in [-0.15, -0.1) is 10.7 Å². The number of hydrogen-bond acceptors (Lipinski definition) is 3. The van der Waals surface area contributed by atoms with Crippen molar-refractivity contribution in [1.29, 1.82) is 0 Å². The first kappa shape index (κ1) is 17.3. The molecule has 23 heavy (non-hydrogen) atoms. The molecule has 128 valence electrons. The van der Waals surface area contributed by atoms with Crippen LogP contribution in [0.4, 0.5) is 26.3 Å². The second kappa shape index (κ2) is 5.89. The van der Waals surface area contributed by atoms with Gasteiger partial charge in [0.15, 0.2) is 0 Å². The molecule has 0 spiro atoms.